The molecule has 0 heterocycles. The van der Waals surface area contributed by atoms with Crippen molar-refractivity contribution < 1.29 is 0 Å². The zero-order chi connectivity index (χ0) is 10.3. The van der Waals surface area contributed by atoms with Gasteiger partial charge in [0.05, 0.1) is 0 Å². The average molecular weight is 186 g/mol. The third kappa shape index (κ3) is 5.27. The van der Waals surface area contributed by atoms with E-state index in [4.69, 9.17) is 0 Å². The molecule has 0 aliphatic heterocycles. The monoisotopic (exact) mass is 186 g/mol. The molecule has 0 bridgehead atoms. The summed E-state index contributed by atoms with van der Waals surface area (Å²) in [6, 6.07) is 0.606. The van der Waals surface area contributed by atoms with Crippen molar-refractivity contribution in [3.05, 3.63) is 0 Å². The Labute approximate surface area is 83.5 Å². The van der Waals surface area contributed by atoms with E-state index in [1.54, 1.807) is 0 Å². The van der Waals surface area contributed by atoms with Gasteiger partial charge in [0.25, 0.3) is 0 Å². The van der Waals surface area contributed by atoms with Crippen LogP contribution in [-0.4, -0.2) is 24.7 Å². The molecule has 0 rings (SSSR count). The van der Waals surface area contributed by atoms with Gasteiger partial charge in [-0.2, -0.15) is 0 Å². The molecule has 0 aliphatic carbocycles. The Balaban J connectivity index is 3.93. The molecule has 0 aliphatic rings. The van der Waals surface area contributed by atoms with Crippen molar-refractivity contribution >= 4 is 0 Å². The van der Waals surface area contributed by atoms with Crippen LogP contribution in [0.25, 0.3) is 0 Å². The van der Waals surface area contributed by atoms with Crippen LogP contribution in [-0.2, 0) is 0 Å². The summed E-state index contributed by atoms with van der Waals surface area (Å²) in [6.45, 7) is 13.3. The summed E-state index contributed by atoms with van der Waals surface area (Å²) >= 11 is 0. The highest BCUT2D eigenvalue weighted by Crippen LogP contribution is 2.16. The molecule has 80 valence electrons. The zero-order valence-electron chi connectivity index (χ0n) is 9.91. The lowest BCUT2D eigenvalue weighted by molar-refractivity contribution is 0.291. The minimum Gasteiger partial charge on any atom is -0.314 e. The van der Waals surface area contributed by atoms with Crippen molar-refractivity contribution in [3.63, 3.8) is 0 Å². The van der Waals surface area contributed by atoms with Crippen LogP contribution < -0.4 is 10.6 Å². The van der Waals surface area contributed by atoms with Crippen LogP contribution in [0.2, 0.25) is 0 Å². The van der Waals surface area contributed by atoms with Crippen molar-refractivity contribution in [1.29, 1.82) is 0 Å². The van der Waals surface area contributed by atoms with Crippen molar-refractivity contribution in [2.24, 2.45) is 0 Å². The third-order valence-electron chi connectivity index (χ3n) is 2.69. The second-order valence-electron chi connectivity index (χ2n) is 4.11. The average Bonchev–Trinajstić information content (AvgIpc) is 2.05. The number of rotatable bonds is 7. The second kappa shape index (κ2) is 6.39. The van der Waals surface area contributed by atoms with Gasteiger partial charge in [0, 0.05) is 11.6 Å². The van der Waals surface area contributed by atoms with E-state index >= 15 is 0 Å². The van der Waals surface area contributed by atoms with E-state index in [1.165, 1.54) is 12.8 Å². The molecule has 2 atom stereocenters. The van der Waals surface area contributed by atoms with E-state index in [0.717, 1.165) is 13.1 Å². The second-order valence-corrected chi connectivity index (χ2v) is 4.11. The quantitative estimate of drug-likeness (QED) is 0.636. The largest absolute Gasteiger partial charge is 0.314 e. The predicted molar refractivity (Wildman–Crippen MR) is 60.1 cm³/mol. The van der Waals surface area contributed by atoms with Crippen LogP contribution in [0.3, 0.4) is 0 Å². The minimum atomic E-state index is 0.302. The van der Waals surface area contributed by atoms with E-state index in [9.17, 15) is 0 Å². The molecule has 0 fully saturated rings. The molecular weight excluding hydrogens is 160 g/mol. The number of hydrogen-bond acceptors (Lipinski definition) is 2. The molecule has 2 unspecified atom stereocenters. The van der Waals surface area contributed by atoms with Crippen LogP contribution >= 0.6 is 0 Å². The van der Waals surface area contributed by atoms with E-state index in [2.05, 4.69) is 45.3 Å². The summed E-state index contributed by atoms with van der Waals surface area (Å²) in [5, 5.41) is 7.01. The molecule has 2 nitrogen and oxygen atoms in total. The maximum Gasteiger partial charge on any atom is 0.0165 e. The fourth-order valence-corrected chi connectivity index (χ4v) is 1.86. The molecule has 0 amide bonds. The van der Waals surface area contributed by atoms with Gasteiger partial charge in [-0.15, -0.1) is 0 Å². The molecular formula is C11H26N2. The van der Waals surface area contributed by atoms with Gasteiger partial charge in [-0.25, -0.2) is 0 Å². The van der Waals surface area contributed by atoms with Gasteiger partial charge in [-0.3, -0.25) is 0 Å². The van der Waals surface area contributed by atoms with Crippen molar-refractivity contribution in [2.45, 2.75) is 59.0 Å². The zero-order valence-corrected chi connectivity index (χ0v) is 9.91. The fourth-order valence-electron chi connectivity index (χ4n) is 1.86. The van der Waals surface area contributed by atoms with Gasteiger partial charge in [0.15, 0.2) is 0 Å². The highest BCUT2D eigenvalue weighted by Gasteiger charge is 2.22. The van der Waals surface area contributed by atoms with Crippen molar-refractivity contribution in [1.82, 2.24) is 10.6 Å². The Kier molecular flexibility index (Phi) is 6.35. The molecule has 0 aromatic rings. The summed E-state index contributed by atoms with van der Waals surface area (Å²) in [5.74, 6) is 0. The van der Waals surface area contributed by atoms with E-state index in [0.29, 0.717) is 11.6 Å². The van der Waals surface area contributed by atoms with Gasteiger partial charge in [0.1, 0.15) is 0 Å². The first-order valence-corrected chi connectivity index (χ1v) is 5.56. The van der Waals surface area contributed by atoms with Gasteiger partial charge < -0.3 is 10.6 Å². The Hall–Kier alpha value is -0.0800. The predicted octanol–water partition coefficient (Wildman–Crippen LogP) is 2.15. The topological polar surface area (TPSA) is 24.1 Å². The Morgan fingerprint density at radius 3 is 2.15 bits per heavy atom. The molecule has 0 radical (unpaired) electrons. The molecule has 2 heteroatoms. The maximum atomic E-state index is 3.56. The Bertz CT molecular complexity index is 125. The Morgan fingerprint density at radius 1 is 1.15 bits per heavy atom. The first-order valence-electron chi connectivity index (χ1n) is 5.56. The van der Waals surface area contributed by atoms with Crippen molar-refractivity contribution in [2.75, 3.05) is 13.1 Å². The molecule has 0 aromatic carbocycles. The lowest BCUT2D eigenvalue weighted by atomic mass is 9.91. The van der Waals surface area contributed by atoms with Gasteiger partial charge in [-0.05, 0) is 39.8 Å². The number of nitrogens with one attached hydrogen (secondary N) is 2. The van der Waals surface area contributed by atoms with Crippen molar-refractivity contribution in [3.8, 4) is 0 Å². The van der Waals surface area contributed by atoms with E-state index in [1.807, 2.05) is 0 Å². The lowest BCUT2D eigenvalue weighted by Crippen LogP contribution is -2.46. The molecule has 2 N–H and O–H groups in total. The highest BCUT2D eigenvalue weighted by molar-refractivity contribution is 4.84. The van der Waals surface area contributed by atoms with E-state index in [-0.39, 0.29) is 0 Å². The molecule has 0 saturated carbocycles. The van der Waals surface area contributed by atoms with Crippen LogP contribution in [0.15, 0.2) is 0 Å². The summed E-state index contributed by atoms with van der Waals surface area (Å²) in [7, 11) is 0. The SMILES string of the molecule is CCNC(C)CC(C)(CC)NCC. The minimum absolute atomic E-state index is 0.302. The van der Waals surface area contributed by atoms with Crippen LogP contribution in [0.4, 0.5) is 0 Å². The Morgan fingerprint density at radius 2 is 1.77 bits per heavy atom. The van der Waals surface area contributed by atoms with Crippen LogP contribution in [0.5, 0.6) is 0 Å². The summed E-state index contributed by atoms with van der Waals surface area (Å²) in [5.41, 5.74) is 0.302. The molecule has 0 aromatic heterocycles. The van der Waals surface area contributed by atoms with E-state index < -0.39 is 0 Å². The number of hydrogen-bond donors (Lipinski definition) is 2. The third-order valence-corrected chi connectivity index (χ3v) is 2.69. The first kappa shape index (κ1) is 12.9. The summed E-state index contributed by atoms with van der Waals surface area (Å²) < 4.78 is 0. The van der Waals surface area contributed by atoms with Gasteiger partial charge in [-0.1, -0.05) is 20.8 Å². The van der Waals surface area contributed by atoms with Crippen LogP contribution in [0, 0.1) is 0 Å². The highest BCUT2D eigenvalue weighted by atomic mass is 15.0. The maximum absolute atomic E-state index is 3.56. The van der Waals surface area contributed by atoms with Gasteiger partial charge >= 0.3 is 0 Å². The van der Waals surface area contributed by atoms with Gasteiger partial charge in [0.2, 0.25) is 0 Å². The molecule has 13 heavy (non-hydrogen) atoms. The summed E-state index contributed by atoms with van der Waals surface area (Å²) in [4.78, 5) is 0. The van der Waals surface area contributed by atoms with Crippen LogP contribution in [0.1, 0.15) is 47.5 Å². The first-order chi connectivity index (χ1) is 6.08. The normalized spacial score (nSPS) is 18.2. The fraction of sp³-hybridized carbons (Fsp3) is 1.00. The standard InChI is InChI=1S/C11H26N2/c1-6-11(5,13-8-3)9-10(4)12-7-2/h10,12-13H,6-9H2,1-5H3. The summed E-state index contributed by atoms with van der Waals surface area (Å²) in [6.07, 6.45) is 2.39. The molecule has 0 spiro atoms. The molecule has 0 saturated heterocycles. The lowest BCUT2D eigenvalue weighted by Gasteiger charge is -2.32. The smallest absolute Gasteiger partial charge is 0.0165 e.